The third-order valence-corrected chi connectivity index (χ3v) is 2.92. The van der Waals surface area contributed by atoms with E-state index in [2.05, 4.69) is 30.9 Å². The van der Waals surface area contributed by atoms with Gasteiger partial charge in [-0.15, -0.1) is 4.91 Å². The van der Waals surface area contributed by atoms with Crippen LogP contribution in [0.4, 0.5) is 23.1 Å². The Morgan fingerprint density at radius 1 is 1.24 bits per heavy atom. The first kappa shape index (κ1) is 12.9. The number of nitrogens with one attached hydrogen (secondary N) is 2. The van der Waals surface area contributed by atoms with E-state index in [1.165, 1.54) is 0 Å². The molecule has 3 aromatic rings. The van der Waals surface area contributed by atoms with Crippen LogP contribution >= 0.6 is 0 Å². The van der Waals surface area contributed by atoms with Gasteiger partial charge in [0.1, 0.15) is 5.69 Å². The predicted molar refractivity (Wildman–Crippen MR) is 79.3 cm³/mol. The SMILES string of the molecule is Cn1cnc2c(Nc3ccc(N=O)cc3)nc(NN)nc21. The van der Waals surface area contributed by atoms with Gasteiger partial charge in [0.15, 0.2) is 17.0 Å². The standard InChI is InChI=1S/C12H12N8O/c1-20-6-14-9-10(16-12(18-13)17-11(9)20)15-7-2-4-8(19-21)5-3-7/h2-6H,13H2,1H3,(H2,15,16,17,18). The summed E-state index contributed by atoms with van der Waals surface area (Å²) in [4.78, 5) is 23.2. The quantitative estimate of drug-likeness (QED) is 0.379. The molecule has 0 atom stereocenters. The first-order valence-electron chi connectivity index (χ1n) is 6.07. The minimum absolute atomic E-state index is 0.278. The first-order chi connectivity index (χ1) is 10.2. The Morgan fingerprint density at radius 3 is 2.67 bits per heavy atom. The summed E-state index contributed by atoms with van der Waals surface area (Å²) in [6, 6.07) is 6.66. The van der Waals surface area contributed by atoms with Crippen LogP contribution in [0, 0.1) is 4.91 Å². The molecule has 9 heteroatoms. The fraction of sp³-hybridized carbons (Fsp3) is 0.0833. The largest absolute Gasteiger partial charge is 0.338 e. The number of nitrogen functional groups attached to an aromatic ring is 1. The maximum Gasteiger partial charge on any atom is 0.241 e. The smallest absolute Gasteiger partial charge is 0.241 e. The number of imidazole rings is 1. The van der Waals surface area contributed by atoms with E-state index in [-0.39, 0.29) is 5.95 Å². The highest BCUT2D eigenvalue weighted by Crippen LogP contribution is 2.24. The van der Waals surface area contributed by atoms with Crippen molar-refractivity contribution in [2.24, 2.45) is 18.1 Å². The van der Waals surface area contributed by atoms with Gasteiger partial charge in [0.25, 0.3) is 0 Å². The summed E-state index contributed by atoms with van der Waals surface area (Å²) in [5.74, 6) is 6.17. The Morgan fingerprint density at radius 2 is 2.00 bits per heavy atom. The van der Waals surface area contributed by atoms with Crippen molar-refractivity contribution in [2.75, 3.05) is 10.7 Å². The summed E-state index contributed by atoms with van der Waals surface area (Å²) in [6.07, 6.45) is 1.64. The number of hydrogen-bond acceptors (Lipinski definition) is 8. The molecule has 0 aliphatic rings. The van der Waals surface area contributed by atoms with Gasteiger partial charge < -0.3 is 9.88 Å². The van der Waals surface area contributed by atoms with Crippen molar-refractivity contribution in [3.63, 3.8) is 0 Å². The third-order valence-electron chi connectivity index (χ3n) is 2.92. The number of fused-ring (bicyclic) bond motifs is 1. The van der Waals surface area contributed by atoms with Crippen molar-refractivity contribution in [3.8, 4) is 0 Å². The minimum atomic E-state index is 0.278. The van der Waals surface area contributed by atoms with Crippen molar-refractivity contribution < 1.29 is 0 Å². The molecule has 9 nitrogen and oxygen atoms in total. The number of hydrogen-bond donors (Lipinski definition) is 3. The van der Waals surface area contributed by atoms with Gasteiger partial charge in [-0.3, -0.25) is 5.43 Å². The lowest BCUT2D eigenvalue weighted by molar-refractivity contribution is 0.928. The van der Waals surface area contributed by atoms with Gasteiger partial charge in [0.2, 0.25) is 5.95 Å². The van der Waals surface area contributed by atoms with Crippen molar-refractivity contribution in [2.45, 2.75) is 0 Å². The number of aryl methyl sites for hydroxylation is 1. The molecule has 0 radical (unpaired) electrons. The second-order valence-corrected chi connectivity index (χ2v) is 4.33. The molecule has 2 heterocycles. The summed E-state index contributed by atoms with van der Waals surface area (Å²) in [5, 5.41) is 5.97. The fourth-order valence-corrected chi connectivity index (χ4v) is 1.90. The molecule has 0 aliphatic heterocycles. The van der Waals surface area contributed by atoms with Crippen LogP contribution in [0.15, 0.2) is 35.8 Å². The summed E-state index contributed by atoms with van der Waals surface area (Å²) in [7, 11) is 1.83. The lowest BCUT2D eigenvalue weighted by atomic mass is 10.3. The average molecular weight is 284 g/mol. The van der Waals surface area contributed by atoms with E-state index < -0.39 is 0 Å². The van der Waals surface area contributed by atoms with Crippen molar-refractivity contribution in [1.29, 1.82) is 0 Å². The molecule has 0 aliphatic carbocycles. The Balaban J connectivity index is 2.03. The highest BCUT2D eigenvalue weighted by Gasteiger charge is 2.11. The van der Waals surface area contributed by atoms with Gasteiger partial charge in [0, 0.05) is 12.7 Å². The fourth-order valence-electron chi connectivity index (χ4n) is 1.90. The molecule has 106 valence electrons. The van der Waals surface area contributed by atoms with Crippen LogP contribution in [0.3, 0.4) is 0 Å². The predicted octanol–water partition coefficient (Wildman–Crippen LogP) is 1.79. The molecule has 21 heavy (non-hydrogen) atoms. The summed E-state index contributed by atoms with van der Waals surface area (Å²) >= 11 is 0. The van der Waals surface area contributed by atoms with Crippen LogP contribution in [0.1, 0.15) is 0 Å². The molecule has 1 aromatic carbocycles. The summed E-state index contributed by atoms with van der Waals surface area (Å²) in [6.45, 7) is 0. The van der Waals surface area contributed by atoms with Crippen LogP contribution in [-0.4, -0.2) is 19.5 Å². The normalized spacial score (nSPS) is 10.6. The topological polar surface area (TPSA) is 123 Å². The molecule has 0 fully saturated rings. The van der Waals surface area contributed by atoms with Crippen LogP contribution in [0.5, 0.6) is 0 Å². The van der Waals surface area contributed by atoms with E-state index in [9.17, 15) is 4.91 Å². The summed E-state index contributed by atoms with van der Waals surface area (Å²) in [5.41, 5.74) is 4.79. The zero-order valence-electron chi connectivity index (χ0n) is 11.1. The molecule has 0 unspecified atom stereocenters. The van der Waals surface area contributed by atoms with E-state index in [4.69, 9.17) is 5.84 Å². The van der Waals surface area contributed by atoms with Gasteiger partial charge in [-0.25, -0.2) is 10.8 Å². The van der Waals surface area contributed by atoms with E-state index in [0.717, 1.165) is 5.69 Å². The molecular weight excluding hydrogens is 272 g/mol. The number of aromatic nitrogens is 4. The first-order valence-corrected chi connectivity index (χ1v) is 6.07. The van der Waals surface area contributed by atoms with E-state index in [1.807, 2.05) is 7.05 Å². The lowest BCUT2D eigenvalue weighted by Gasteiger charge is -2.08. The molecule has 0 bridgehead atoms. The highest BCUT2D eigenvalue weighted by molar-refractivity contribution is 5.86. The van der Waals surface area contributed by atoms with Gasteiger partial charge in [0.05, 0.1) is 6.33 Å². The molecule has 0 amide bonds. The number of nitrogens with zero attached hydrogens (tertiary/aromatic N) is 5. The molecule has 0 saturated heterocycles. The Bertz CT molecular complexity index is 795. The zero-order valence-corrected chi connectivity index (χ0v) is 11.1. The maximum atomic E-state index is 10.4. The van der Waals surface area contributed by atoms with Crippen LogP contribution in [0.25, 0.3) is 11.2 Å². The number of anilines is 3. The third kappa shape index (κ3) is 2.37. The van der Waals surface area contributed by atoms with Gasteiger partial charge in [-0.05, 0) is 29.4 Å². The van der Waals surface area contributed by atoms with Crippen LogP contribution in [0.2, 0.25) is 0 Å². The number of benzene rings is 1. The number of hydrazine groups is 1. The Hall–Kier alpha value is -3.07. The molecule has 0 saturated carbocycles. The average Bonchev–Trinajstić information content (AvgIpc) is 2.89. The molecule has 0 spiro atoms. The number of nitrogens with two attached hydrogens (primary N) is 1. The van der Waals surface area contributed by atoms with Crippen molar-refractivity contribution in [1.82, 2.24) is 19.5 Å². The molecular formula is C12H12N8O. The highest BCUT2D eigenvalue weighted by atomic mass is 16.3. The van der Waals surface area contributed by atoms with E-state index >= 15 is 0 Å². The van der Waals surface area contributed by atoms with Crippen LogP contribution < -0.4 is 16.6 Å². The molecule has 4 N–H and O–H groups in total. The van der Waals surface area contributed by atoms with E-state index in [0.29, 0.717) is 22.7 Å². The van der Waals surface area contributed by atoms with Gasteiger partial charge in [-0.1, -0.05) is 0 Å². The van der Waals surface area contributed by atoms with Gasteiger partial charge >= 0.3 is 0 Å². The molecule has 2 aromatic heterocycles. The van der Waals surface area contributed by atoms with Crippen molar-refractivity contribution in [3.05, 3.63) is 35.5 Å². The Labute approximate surface area is 119 Å². The maximum absolute atomic E-state index is 10.4. The monoisotopic (exact) mass is 284 g/mol. The lowest BCUT2D eigenvalue weighted by Crippen LogP contribution is -2.12. The Kier molecular flexibility index (Phi) is 3.16. The summed E-state index contributed by atoms with van der Waals surface area (Å²) < 4.78 is 1.77. The number of nitroso groups, excluding NO2 is 1. The second-order valence-electron chi connectivity index (χ2n) is 4.33. The van der Waals surface area contributed by atoms with Crippen LogP contribution in [-0.2, 0) is 7.05 Å². The van der Waals surface area contributed by atoms with Gasteiger partial charge in [-0.2, -0.15) is 9.97 Å². The van der Waals surface area contributed by atoms with Crippen molar-refractivity contribution >= 4 is 34.3 Å². The van der Waals surface area contributed by atoms with E-state index in [1.54, 1.807) is 35.2 Å². The second kappa shape index (κ2) is 5.13. The number of rotatable bonds is 4. The molecule has 3 rings (SSSR count). The zero-order chi connectivity index (χ0) is 14.8. The minimum Gasteiger partial charge on any atom is -0.338 e.